The lowest BCUT2D eigenvalue weighted by atomic mass is 9.77. The molecule has 2 N–H and O–H groups in total. The van der Waals surface area contributed by atoms with Crippen LogP contribution in [0, 0.1) is 5.92 Å². The first-order valence-electron chi connectivity index (χ1n) is 5.71. The van der Waals surface area contributed by atoms with E-state index in [4.69, 9.17) is 10.5 Å². The number of esters is 1. The predicted octanol–water partition coefficient (Wildman–Crippen LogP) is 2.83. The molecule has 3 nitrogen and oxygen atoms in total. The maximum absolute atomic E-state index is 10.8. The number of ether oxygens (including phenoxy) is 1. The fourth-order valence-electron chi connectivity index (χ4n) is 2.02. The summed E-state index contributed by atoms with van der Waals surface area (Å²) in [6, 6.07) is 7.59. The summed E-state index contributed by atoms with van der Waals surface area (Å²) in [6.07, 6.45) is 3.69. The van der Waals surface area contributed by atoms with Crippen LogP contribution in [0.3, 0.4) is 0 Å². The fourth-order valence-corrected chi connectivity index (χ4v) is 2.02. The van der Waals surface area contributed by atoms with Gasteiger partial charge in [0.15, 0.2) is 0 Å². The second-order valence-corrected chi connectivity index (χ2v) is 4.38. The van der Waals surface area contributed by atoms with Crippen molar-refractivity contribution < 1.29 is 9.53 Å². The van der Waals surface area contributed by atoms with Gasteiger partial charge in [0.2, 0.25) is 0 Å². The maximum Gasteiger partial charge on any atom is 0.308 e. The van der Waals surface area contributed by atoms with Gasteiger partial charge in [-0.2, -0.15) is 0 Å². The van der Waals surface area contributed by atoms with E-state index in [1.165, 1.54) is 26.2 Å². The minimum Gasteiger partial charge on any atom is -0.427 e. The number of rotatable bonds is 3. The zero-order chi connectivity index (χ0) is 11.5. The van der Waals surface area contributed by atoms with Crippen molar-refractivity contribution in [2.45, 2.75) is 32.2 Å². The van der Waals surface area contributed by atoms with E-state index in [1.54, 1.807) is 6.07 Å². The Bertz CT molecular complexity index is 391. The van der Waals surface area contributed by atoms with E-state index in [0.29, 0.717) is 11.7 Å². The Hall–Kier alpha value is -1.06. The molecule has 2 rings (SSSR count). The van der Waals surface area contributed by atoms with Crippen LogP contribution < -0.4 is 10.5 Å². The number of hydrogen-bond acceptors (Lipinski definition) is 3. The van der Waals surface area contributed by atoms with E-state index >= 15 is 0 Å². The van der Waals surface area contributed by atoms with Crippen LogP contribution in [0.5, 0.6) is 5.75 Å². The highest BCUT2D eigenvalue weighted by Gasteiger charge is 2.25. The minimum atomic E-state index is -0.297. The Kier molecular flexibility index (Phi) is 4.97. The van der Waals surface area contributed by atoms with Gasteiger partial charge < -0.3 is 10.5 Å². The summed E-state index contributed by atoms with van der Waals surface area (Å²) in [5.74, 6) is 0.877. The van der Waals surface area contributed by atoms with Gasteiger partial charge in [0.1, 0.15) is 5.75 Å². The molecule has 1 atom stereocenters. The molecule has 0 unspecified atom stereocenters. The second kappa shape index (κ2) is 6.03. The van der Waals surface area contributed by atoms with Crippen LogP contribution in [-0.4, -0.2) is 5.97 Å². The molecule has 0 aliphatic heterocycles. The van der Waals surface area contributed by atoms with E-state index in [9.17, 15) is 4.79 Å². The third-order valence-electron chi connectivity index (χ3n) is 3.16. The summed E-state index contributed by atoms with van der Waals surface area (Å²) in [6.45, 7) is 1.40. The number of carbonyl (C=O) groups is 1. The molecule has 1 fully saturated rings. The van der Waals surface area contributed by atoms with Crippen molar-refractivity contribution in [3.8, 4) is 5.75 Å². The van der Waals surface area contributed by atoms with Gasteiger partial charge in [0.25, 0.3) is 0 Å². The molecule has 94 valence electrons. The highest BCUT2D eigenvalue weighted by atomic mass is 35.5. The Morgan fingerprint density at radius 3 is 2.71 bits per heavy atom. The molecule has 1 aliphatic rings. The number of carbonyl (C=O) groups excluding carboxylic acids is 1. The van der Waals surface area contributed by atoms with E-state index in [0.717, 1.165) is 5.56 Å². The highest BCUT2D eigenvalue weighted by molar-refractivity contribution is 5.85. The predicted molar refractivity (Wildman–Crippen MR) is 69.3 cm³/mol. The van der Waals surface area contributed by atoms with Gasteiger partial charge in [-0.3, -0.25) is 4.79 Å². The largest absolute Gasteiger partial charge is 0.427 e. The molecule has 0 aromatic heterocycles. The summed E-state index contributed by atoms with van der Waals surface area (Å²) < 4.78 is 5.04. The van der Waals surface area contributed by atoms with Crippen LogP contribution in [0.1, 0.15) is 37.8 Å². The highest BCUT2D eigenvalue weighted by Crippen LogP contribution is 2.36. The van der Waals surface area contributed by atoms with Crippen LogP contribution in [0.2, 0.25) is 0 Å². The molecule has 0 saturated heterocycles. The molecule has 1 saturated carbocycles. The summed E-state index contributed by atoms with van der Waals surface area (Å²) in [4.78, 5) is 10.8. The monoisotopic (exact) mass is 255 g/mol. The second-order valence-electron chi connectivity index (χ2n) is 4.38. The fraction of sp³-hybridized carbons (Fsp3) is 0.462. The van der Waals surface area contributed by atoms with Gasteiger partial charge in [-0.1, -0.05) is 18.6 Å². The Morgan fingerprint density at radius 2 is 2.18 bits per heavy atom. The van der Waals surface area contributed by atoms with Crippen molar-refractivity contribution in [2.24, 2.45) is 11.7 Å². The lowest BCUT2D eigenvalue weighted by Crippen LogP contribution is -2.26. The first-order valence-corrected chi connectivity index (χ1v) is 5.71. The third kappa shape index (κ3) is 3.45. The lowest BCUT2D eigenvalue weighted by molar-refractivity contribution is -0.131. The molecule has 0 heterocycles. The van der Waals surface area contributed by atoms with Crippen LogP contribution in [0.15, 0.2) is 24.3 Å². The molecule has 17 heavy (non-hydrogen) atoms. The molecule has 1 aromatic carbocycles. The topological polar surface area (TPSA) is 52.3 Å². The molecular weight excluding hydrogens is 238 g/mol. The van der Waals surface area contributed by atoms with Gasteiger partial charge in [0, 0.05) is 13.0 Å². The maximum atomic E-state index is 10.8. The average Bonchev–Trinajstić information content (AvgIpc) is 2.14. The third-order valence-corrected chi connectivity index (χ3v) is 3.16. The molecule has 4 heteroatoms. The van der Waals surface area contributed by atoms with Gasteiger partial charge in [-0.15, -0.1) is 12.4 Å². The summed E-state index contributed by atoms with van der Waals surface area (Å²) in [5.41, 5.74) is 7.22. The molecular formula is C13H18ClNO2. The minimum absolute atomic E-state index is 0. The molecule has 0 radical (unpaired) electrons. The first kappa shape index (κ1) is 14.0. The van der Waals surface area contributed by atoms with Gasteiger partial charge in [-0.25, -0.2) is 0 Å². The molecule has 0 spiro atoms. The Morgan fingerprint density at radius 1 is 1.47 bits per heavy atom. The van der Waals surface area contributed by atoms with Crippen molar-refractivity contribution in [1.29, 1.82) is 0 Å². The van der Waals surface area contributed by atoms with Crippen LogP contribution >= 0.6 is 12.4 Å². The Balaban J connectivity index is 0.00000144. The van der Waals surface area contributed by atoms with Crippen molar-refractivity contribution >= 4 is 18.4 Å². The molecule has 1 aliphatic carbocycles. The quantitative estimate of drug-likeness (QED) is 0.668. The molecule has 0 amide bonds. The summed E-state index contributed by atoms with van der Waals surface area (Å²) >= 11 is 0. The number of benzene rings is 1. The van der Waals surface area contributed by atoms with Crippen molar-refractivity contribution in [3.63, 3.8) is 0 Å². The summed E-state index contributed by atoms with van der Waals surface area (Å²) in [5, 5.41) is 0. The van der Waals surface area contributed by atoms with Crippen molar-refractivity contribution in [2.75, 3.05) is 0 Å². The molecule has 0 bridgehead atoms. The lowest BCUT2D eigenvalue weighted by Gasteiger charge is -2.31. The number of nitrogens with two attached hydrogens (primary N) is 1. The van der Waals surface area contributed by atoms with Gasteiger partial charge in [0.05, 0.1) is 0 Å². The van der Waals surface area contributed by atoms with E-state index in [1.807, 2.05) is 18.2 Å². The number of hydrogen-bond donors (Lipinski definition) is 1. The van der Waals surface area contributed by atoms with E-state index in [-0.39, 0.29) is 24.4 Å². The molecule has 1 aromatic rings. The van der Waals surface area contributed by atoms with E-state index in [2.05, 4.69) is 0 Å². The smallest absolute Gasteiger partial charge is 0.308 e. The van der Waals surface area contributed by atoms with Crippen LogP contribution in [-0.2, 0) is 4.79 Å². The van der Waals surface area contributed by atoms with Crippen molar-refractivity contribution in [1.82, 2.24) is 0 Å². The average molecular weight is 256 g/mol. The van der Waals surface area contributed by atoms with E-state index < -0.39 is 0 Å². The summed E-state index contributed by atoms with van der Waals surface area (Å²) in [7, 11) is 0. The van der Waals surface area contributed by atoms with Crippen molar-refractivity contribution in [3.05, 3.63) is 29.8 Å². The van der Waals surface area contributed by atoms with Gasteiger partial charge in [-0.05, 0) is 36.5 Å². The first-order chi connectivity index (χ1) is 7.66. The zero-order valence-electron chi connectivity index (χ0n) is 9.89. The SMILES string of the molecule is CC(=O)Oc1cccc([C@H](N)C2CCC2)c1.Cl. The standard InChI is InChI=1S/C13H17NO2.ClH/c1-9(15)16-12-7-3-6-11(8-12)13(14)10-4-2-5-10;/h3,6-8,10,13H,2,4-5,14H2,1H3;1H/t13-;/m1./s1. The zero-order valence-corrected chi connectivity index (χ0v) is 10.7. The number of halogens is 1. The normalized spacial score (nSPS) is 16.6. The van der Waals surface area contributed by atoms with Crippen LogP contribution in [0.25, 0.3) is 0 Å². The van der Waals surface area contributed by atoms with Crippen LogP contribution in [0.4, 0.5) is 0 Å². The van der Waals surface area contributed by atoms with Gasteiger partial charge >= 0.3 is 5.97 Å². The Labute approximate surface area is 108 Å².